The van der Waals surface area contributed by atoms with Crippen LogP contribution in [0.25, 0.3) is 5.69 Å². The first-order chi connectivity index (χ1) is 17.6. The minimum absolute atomic E-state index is 0.395. The number of nitrogens with zero attached hydrogens (tertiary/aromatic N) is 3. The van der Waals surface area contributed by atoms with E-state index in [0.717, 1.165) is 0 Å². The first-order valence-electron chi connectivity index (χ1n) is 10.2. The van der Waals surface area contributed by atoms with Gasteiger partial charge in [0.2, 0.25) is 0 Å². The maximum Gasteiger partial charge on any atom is 0.476 e. The minimum atomic E-state index is -5.36. The van der Waals surface area contributed by atoms with Crippen molar-refractivity contribution in [3.8, 4) is 11.8 Å². The number of halogens is 8. The quantitative estimate of drug-likeness (QED) is 0.273. The largest absolute Gasteiger partial charge is 0.476 e. The molecule has 5 atom stereocenters. The molecule has 1 unspecified atom stereocenters. The molecule has 4 N–H and O–H groups in total. The molecular formula is C19H16Cl2F6N4O6S. The molecule has 2 heterocycles. The number of ether oxygens (including phenoxy) is 2. The Balaban J connectivity index is 1.99. The molecule has 19 heteroatoms. The summed E-state index contributed by atoms with van der Waals surface area (Å²) >= 11 is 11.9. The van der Waals surface area contributed by atoms with Crippen LogP contribution in [0.2, 0.25) is 10.0 Å². The van der Waals surface area contributed by atoms with Crippen molar-refractivity contribution in [2.24, 2.45) is 0 Å². The summed E-state index contributed by atoms with van der Waals surface area (Å²) in [6.07, 6.45) is -11.0. The third kappa shape index (κ3) is 6.34. The zero-order valence-electron chi connectivity index (χ0n) is 18.4. The second-order valence-corrected chi connectivity index (χ2v) is 9.82. The number of hydrogen-bond donors (Lipinski definition) is 4. The Kier molecular flexibility index (Phi) is 9.21. The highest BCUT2D eigenvalue weighted by atomic mass is 35.5. The fourth-order valence-electron chi connectivity index (χ4n) is 3.29. The van der Waals surface area contributed by atoms with Gasteiger partial charge in [-0.3, -0.25) is 0 Å². The van der Waals surface area contributed by atoms with Crippen LogP contribution in [0.5, 0.6) is 0 Å². The van der Waals surface area contributed by atoms with Crippen molar-refractivity contribution in [3.63, 3.8) is 0 Å². The lowest BCUT2D eigenvalue weighted by Gasteiger charge is -2.34. The van der Waals surface area contributed by atoms with Gasteiger partial charge in [-0.1, -0.05) is 23.2 Å². The average Bonchev–Trinajstić information content (AvgIpc) is 3.17. The number of alkyl halides is 6. The van der Waals surface area contributed by atoms with Crippen LogP contribution >= 0.6 is 23.2 Å². The SMILES string of the molecule is N#Cc1nn(-c2c(Cl)cc(C(F)(F)F)cc2Cl)c(NCCO[C@H]2OC[C@@H](O)[C@@H](O)[C@@H]2O)c1S(=O)C(F)(F)F. The first-order valence-corrected chi connectivity index (χ1v) is 12.1. The highest BCUT2D eigenvalue weighted by Crippen LogP contribution is 2.41. The third-order valence-electron chi connectivity index (χ3n) is 5.03. The Morgan fingerprint density at radius 3 is 2.32 bits per heavy atom. The lowest BCUT2D eigenvalue weighted by atomic mass is 10.1. The number of anilines is 1. The summed E-state index contributed by atoms with van der Waals surface area (Å²) < 4.78 is 102. The Morgan fingerprint density at radius 1 is 1.18 bits per heavy atom. The van der Waals surface area contributed by atoms with Crippen LogP contribution in [0.4, 0.5) is 32.2 Å². The van der Waals surface area contributed by atoms with Gasteiger partial charge in [-0.05, 0) is 12.1 Å². The van der Waals surface area contributed by atoms with Crippen molar-refractivity contribution in [2.45, 2.75) is 41.2 Å². The standard InChI is InChI=1S/C19H16Cl2F6N4O6S/c20-8-3-7(18(22,23)24)4-9(21)12(8)31-16(15(10(5-28)30-31)38(35)19(25,26)27)29-1-2-36-17-14(34)13(33)11(32)6-37-17/h3-4,11,13-14,17,29,32-34H,1-2,6H2/t11-,13-,14+,17+,38?/m1/s1. The Bertz CT molecular complexity index is 1230. The summed E-state index contributed by atoms with van der Waals surface area (Å²) in [6.45, 7) is -1.27. The molecule has 10 nitrogen and oxygen atoms in total. The Morgan fingerprint density at radius 2 is 1.79 bits per heavy atom. The monoisotopic (exact) mass is 612 g/mol. The van der Waals surface area contributed by atoms with Crippen LogP contribution in [0, 0.1) is 11.3 Å². The van der Waals surface area contributed by atoms with E-state index in [0.29, 0.717) is 16.8 Å². The summed E-state index contributed by atoms with van der Waals surface area (Å²) in [5, 5.41) is 43.0. The van der Waals surface area contributed by atoms with Crippen molar-refractivity contribution < 1.29 is 55.3 Å². The summed E-state index contributed by atoms with van der Waals surface area (Å²) in [7, 11) is -3.83. The van der Waals surface area contributed by atoms with Crippen LogP contribution in [-0.4, -0.2) is 79.2 Å². The number of nitrogens with one attached hydrogen (secondary N) is 1. The molecule has 2 aromatic rings. The normalized spacial score (nSPS) is 23.2. The van der Waals surface area contributed by atoms with Gasteiger partial charge in [-0.25, -0.2) is 8.89 Å². The van der Waals surface area contributed by atoms with Crippen LogP contribution in [-0.2, 0) is 26.4 Å². The van der Waals surface area contributed by atoms with Gasteiger partial charge in [0.1, 0.15) is 40.8 Å². The molecule has 0 saturated carbocycles. The molecule has 1 aromatic carbocycles. The topological polar surface area (TPSA) is 150 Å². The highest BCUT2D eigenvalue weighted by Gasteiger charge is 2.43. The molecular weight excluding hydrogens is 597 g/mol. The minimum Gasteiger partial charge on any atom is -0.388 e. The van der Waals surface area contributed by atoms with Gasteiger partial charge < -0.3 is 30.1 Å². The molecule has 1 aliphatic rings. The van der Waals surface area contributed by atoms with Gasteiger partial charge in [-0.2, -0.15) is 36.7 Å². The van der Waals surface area contributed by atoms with E-state index in [2.05, 4.69) is 10.4 Å². The van der Waals surface area contributed by atoms with Crippen LogP contribution in [0.15, 0.2) is 17.0 Å². The van der Waals surface area contributed by atoms with E-state index in [4.69, 9.17) is 32.7 Å². The van der Waals surface area contributed by atoms with Gasteiger partial charge in [0.05, 0.1) is 28.8 Å². The van der Waals surface area contributed by atoms with E-state index in [-0.39, 0.29) is 0 Å². The zero-order valence-corrected chi connectivity index (χ0v) is 20.8. The van der Waals surface area contributed by atoms with Crippen molar-refractivity contribution >= 4 is 39.8 Å². The van der Waals surface area contributed by atoms with E-state index >= 15 is 0 Å². The molecule has 0 spiro atoms. The summed E-state index contributed by atoms with van der Waals surface area (Å²) in [5.74, 6) is -0.745. The maximum atomic E-state index is 13.4. The predicted molar refractivity (Wildman–Crippen MR) is 118 cm³/mol. The fraction of sp³-hybridized carbons (Fsp3) is 0.474. The van der Waals surface area contributed by atoms with Crippen LogP contribution in [0.1, 0.15) is 11.3 Å². The lowest BCUT2D eigenvalue weighted by Crippen LogP contribution is -2.53. The molecule has 1 fully saturated rings. The van der Waals surface area contributed by atoms with Crippen molar-refractivity contribution in [1.29, 1.82) is 5.26 Å². The summed E-state index contributed by atoms with van der Waals surface area (Å²) in [6, 6.07) is 2.22. The number of rotatable bonds is 7. The van der Waals surface area contributed by atoms with Gasteiger partial charge in [0, 0.05) is 6.54 Å². The molecule has 1 saturated heterocycles. The van der Waals surface area contributed by atoms with Gasteiger partial charge >= 0.3 is 11.7 Å². The van der Waals surface area contributed by atoms with Crippen LogP contribution in [0.3, 0.4) is 0 Å². The number of aromatic nitrogens is 2. The second-order valence-electron chi connectivity index (χ2n) is 7.60. The molecule has 0 aliphatic carbocycles. The number of nitriles is 1. The van der Waals surface area contributed by atoms with E-state index in [1.807, 2.05) is 0 Å². The molecule has 0 amide bonds. The van der Waals surface area contributed by atoms with Crippen LogP contribution < -0.4 is 5.32 Å². The Labute approximate surface area is 221 Å². The molecule has 38 heavy (non-hydrogen) atoms. The number of aliphatic hydroxyl groups is 3. The predicted octanol–water partition coefficient (Wildman–Crippen LogP) is 2.56. The van der Waals surface area contributed by atoms with E-state index in [1.54, 1.807) is 0 Å². The number of benzene rings is 1. The second kappa shape index (κ2) is 11.5. The molecule has 1 aliphatic heterocycles. The third-order valence-corrected chi connectivity index (χ3v) is 6.78. The van der Waals surface area contributed by atoms with Gasteiger partial charge in [-0.15, -0.1) is 0 Å². The van der Waals surface area contributed by atoms with E-state index in [1.165, 1.54) is 6.07 Å². The van der Waals surface area contributed by atoms with Crippen molar-refractivity contribution in [1.82, 2.24) is 9.78 Å². The smallest absolute Gasteiger partial charge is 0.388 e. The van der Waals surface area contributed by atoms with E-state index in [9.17, 15) is 51.1 Å². The lowest BCUT2D eigenvalue weighted by molar-refractivity contribution is -0.268. The fourth-order valence-corrected chi connectivity index (χ4v) is 4.76. The van der Waals surface area contributed by atoms with Gasteiger partial charge in [0.25, 0.3) is 0 Å². The van der Waals surface area contributed by atoms with E-state index < -0.39 is 105 Å². The average molecular weight is 613 g/mol. The summed E-state index contributed by atoms with van der Waals surface area (Å²) in [4.78, 5) is -1.15. The highest BCUT2D eigenvalue weighted by molar-refractivity contribution is 7.86. The number of aliphatic hydroxyl groups excluding tert-OH is 3. The van der Waals surface area contributed by atoms with Crippen molar-refractivity contribution in [3.05, 3.63) is 33.4 Å². The maximum absolute atomic E-state index is 13.4. The van der Waals surface area contributed by atoms with Gasteiger partial charge in [0.15, 0.2) is 22.8 Å². The molecule has 0 radical (unpaired) electrons. The molecule has 3 rings (SSSR count). The Hall–Kier alpha value is -2.17. The molecule has 1 aromatic heterocycles. The first kappa shape index (κ1) is 30.4. The molecule has 210 valence electrons. The molecule has 0 bridgehead atoms. The number of hydrogen-bond acceptors (Lipinski definition) is 9. The zero-order chi connectivity index (χ0) is 28.6. The summed E-state index contributed by atoms with van der Waals surface area (Å²) in [5.41, 5.74) is -8.17. The van der Waals surface area contributed by atoms with Crippen molar-refractivity contribution in [2.75, 3.05) is 25.1 Å².